The summed E-state index contributed by atoms with van der Waals surface area (Å²) in [5.74, 6) is 0.766. The number of nitrogens with zero attached hydrogens (tertiary/aromatic N) is 1. The Morgan fingerprint density at radius 3 is 2.93 bits per heavy atom. The molecule has 0 aliphatic heterocycles. The molecule has 0 saturated heterocycles. The third-order valence-electron chi connectivity index (χ3n) is 1.52. The van der Waals surface area contributed by atoms with Crippen LogP contribution in [0.15, 0.2) is 18.3 Å². The molecule has 1 aromatic rings. The zero-order valence-corrected chi connectivity index (χ0v) is 8.50. The van der Waals surface area contributed by atoms with Crippen molar-refractivity contribution < 1.29 is 9.84 Å². The maximum atomic E-state index is 8.44. The van der Waals surface area contributed by atoms with Crippen molar-refractivity contribution in [2.75, 3.05) is 31.7 Å². The van der Waals surface area contributed by atoms with Crippen LogP contribution >= 0.6 is 11.6 Å². The van der Waals surface area contributed by atoms with Crippen LogP contribution in [0, 0.1) is 0 Å². The molecule has 0 aliphatic carbocycles. The van der Waals surface area contributed by atoms with Gasteiger partial charge in [-0.1, -0.05) is 11.6 Å². The number of aliphatic hydroxyl groups excluding tert-OH is 1. The van der Waals surface area contributed by atoms with Gasteiger partial charge in [0, 0.05) is 12.7 Å². The van der Waals surface area contributed by atoms with E-state index in [1.54, 1.807) is 18.3 Å². The van der Waals surface area contributed by atoms with Gasteiger partial charge in [0.25, 0.3) is 0 Å². The van der Waals surface area contributed by atoms with E-state index in [1.165, 1.54) is 0 Å². The van der Waals surface area contributed by atoms with Crippen LogP contribution in [-0.4, -0.2) is 36.5 Å². The first-order chi connectivity index (χ1) is 6.83. The molecule has 0 aliphatic rings. The van der Waals surface area contributed by atoms with Gasteiger partial charge in [-0.05, 0) is 12.1 Å². The number of aliphatic hydroxyl groups is 1. The topological polar surface area (TPSA) is 54.4 Å². The average molecular weight is 217 g/mol. The molecule has 2 N–H and O–H groups in total. The molecular formula is C9H13ClN2O2. The molecule has 0 fully saturated rings. The van der Waals surface area contributed by atoms with Crippen LogP contribution in [0.25, 0.3) is 0 Å². The van der Waals surface area contributed by atoms with E-state index in [9.17, 15) is 0 Å². The maximum Gasteiger partial charge on any atom is 0.126 e. The summed E-state index contributed by atoms with van der Waals surface area (Å²) in [7, 11) is 0. The highest BCUT2D eigenvalue weighted by molar-refractivity contribution is 6.30. The molecule has 5 heteroatoms. The molecule has 1 aromatic heterocycles. The minimum Gasteiger partial charge on any atom is -0.394 e. The Balaban J connectivity index is 2.15. The Bertz CT molecular complexity index is 253. The van der Waals surface area contributed by atoms with Crippen molar-refractivity contribution in [2.45, 2.75) is 0 Å². The number of anilines is 1. The van der Waals surface area contributed by atoms with Gasteiger partial charge in [0.05, 0.1) is 24.8 Å². The number of hydrogen-bond acceptors (Lipinski definition) is 4. The van der Waals surface area contributed by atoms with Gasteiger partial charge >= 0.3 is 0 Å². The van der Waals surface area contributed by atoms with E-state index < -0.39 is 0 Å². The van der Waals surface area contributed by atoms with Crippen molar-refractivity contribution in [2.24, 2.45) is 0 Å². The predicted molar refractivity (Wildman–Crippen MR) is 55.6 cm³/mol. The van der Waals surface area contributed by atoms with E-state index in [1.807, 2.05) is 0 Å². The fourth-order valence-electron chi connectivity index (χ4n) is 0.898. The van der Waals surface area contributed by atoms with Crippen LogP contribution < -0.4 is 5.32 Å². The molecule has 0 saturated carbocycles. The van der Waals surface area contributed by atoms with Gasteiger partial charge in [-0.15, -0.1) is 0 Å². The van der Waals surface area contributed by atoms with E-state index in [0.717, 1.165) is 5.82 Å². The fourth-order valence-corrected chi connectivity index (χ4v) is 1.01. The molecule has 1 rings (SSSR count). The first-order valence-electron chi connectivity index (χ1n) is 4.37. The second-order valence-electron chi connectivity index (χ2n) is 2.62. The van der Waals surface area contributed by atoms with Crippen molar-refractivity contribution in [1.82, 2.24) is 4.98 Å². The predicted octanol–water partition coefficient (Wildman–Crippen LogP) is 1.16. The quantitative estimate of drug-likeness (QED) is 0.701. The van der Waals surface area contributed by atoms with Crippen LogP contribution in [0.3, 0.4) is 0 Å². The number of halogens is 1. The van der Waals surface area contributed by atoms with Crippen molar-refractivity contribution in [3.8, 4) is 0 Å². The monoisotopic (exact) mass is 216 g/mol. The lowest BCUT2D eigenvalue weighted by Gasteiger charge is -2.05. The van der Waals surface area contributed by atoms with Crippen LogP contribution in [0.5, 0.6) is 0 Å². The first-order valence-corrected chi connectivity index (χ1v) is 4.75. The average Bonchev–Trinajstić information content (AvgIpc) is 2.21. The molecule has 0 unspecified atom stereocenters. The highest BCUT2D eigenvalue weighted by Crippen LogP contribution is 2.08. The molecule has 0 spiro atoms. The number of ether oxygens (including phenoxy) is 1. The van der Waals surface area contributed by atoms with Crippen LogP contribution in [0.4, 0.5) is 5.82 Å². The number of pyridine rings is 1. The van der Waals surface area contributed by atoms with Crippen molar-refractivity contribution in [1.29, 1.82) is 0 Å². The lowest BCUT2D eigenvalue weighted by atomic mass is 10.4. The Kier molecular flexibility index (Phi) is 5.29. The molecule has 0 radical (unpaired) electrons. The summed E-state index contributed by atoms with van der Waals surface area (Å²) in [4.78, 5) is 4.05. The van der Waals surface area contributed by atoms with Crippen LogP contribution in [0.2, 0.25) is 5.02 Å². The first kappa shape index (κ1) is 11.2. The standard InChI is InChI=1S/C9H13ClN2O2/c10-8-1-2-9(12-7-8)11-3-5-14-6-4-13/h1-2,7,13H,3-6H2,(H,11,12). The van der Waals surface area contributed by atoms with E-state index >= 15 is 0 Å². The van der Waals surface area contributed by atoms with Crippen LogP contribution in [-0.2, 0) is 4.74 Å². The largest absolute Gasteiger partial charge is 0.394 e. The highest BCUT2D eigenvalue weighted by Gasteiger charge is 1.92. The molecule has 14 heavy (non-hydrogen) atoms. The van der Waals surface area contributed by atoms with Gasteiger partial charge in [0.1, 0.15) is 5.82 Å². The molecular weight excluding hydrogens is 204 g/mol. The minimum absolute atomic E-state index is 0.0548. The van der Waals surface area contributed by atoms with E-state index in [0.29, 0.717) is 24.8 Å². The Labute approximate surface area is 87.9 Å². The number of rotatable bonds is 6. The zero-order valence-electron chi connectivity index (χ0n) is 7.74. The van der Waals surface area contributed by atoms with Gasteiger partial charge in [0.2, 0.25) is 0 Å². The van der Waals surface area contributed by atoms with Gasteiger partial charge in [0.15, 0.2) is 0 Å². The lowest BCUT2D eigenvalue weighted by molar-refractivity contribution is 0.0992. The number of nitrogens with one attached hydrogen (secondary N) is 1. The molecule has 0 amide bonds. The Hall–Kier alpha value is -0.840. The lowest BCUT2D eigenvalue weighted by Crippen LogP contribution is -2.11. The highest BCUT2D eigenvalue weighted by atomic mass is 35.5. The van der Waals surface area contributed by atoms with Gasteiger partial charge in [-0.25, -0.2) is 4.98 Å². The summed E-state index contributed by atoms with van der Waals surface area (Å²) in [5.41, 5.74) is 0. The third kappa shape index (κ3) is 4.41. The SMILES string of the molecule is OCCOCCNc1ccc(Cl)cn1. The van der Waals surface area contributed by atoms with Crippen molar-refractivity contribution in [3.63, 3.8) is 0 Å². The summed E-state index contributed by atoms with van der Waals surface area (Å²) < 4.78 is 5.06. The summed E-state index contributed by atoms with van der Waals surface area (Å²) in [6.07, 6.45) is 1.58. The number of hydrogen-bond donors (Lipinski definition) is 2. The van der Waals surface area contributed by atoms with Crippen molar-refractivity contribution >= 4 is 17.4 Å². The van der Waals surface area contributed by atoms with Gasteiger partial charge in [-0.2, -0.15) is 0 Å². The van der Waals surface area contributed by atoms with E-state index in [2.05, 4.69) is 10.3 Å². The smallest absolute Gasteiger partial charge is 0.126 e. The summed E-state index contributed by atoms with van der Waals surface area (Å²) in [6, 6.07) is 3.57. The summed E-state index contributed by atoms with van der Waals surface area (Å²) in [6.45, 7) is 1.63. The van der Waals surface area contributed by atoms with Crippen LogP contribution in [0.1, 0.15) is 0 Å². The third-order valence-corrected chi connectivity index (χ3v) is 1.74. The summed E-state index contributed by atoms with van der Waals surface area (Å²) >= 11 is 5.67. The minimum atomic E-state index is 0.0548. The molecule has 4 nitrogen and oxygen atoms in total. The van der Waals surface area contributed by atoms with Crippen molar-refractivity contribution in [3.05, 3.63) is 23.4 Å². The molecule has 0 bridgehead atoms. The fraction of sp³-hybridized carbons (Fsp3) is 0.444. The molecule has 78 valence electrons. The second-order valence-corrected chi connectivity index (χ2v) is 3.06. The zero-order chi connectivity index (χ0) is 10.2. The number of aromatic nitrogens is 1. The molecule has 0 aromatic carbocycles. The van der Waals surface area contributed by atoms with E-state index in [4.69, 9.17) is 21.4 Å². The second kappa shape index (κ2) is 6.59. The Morgan fingerprint density at radius 2 is 2.29 bits per heavy atom. The van der Waals surface area contributed by atoms with Gasteiger partial charge in [-0.3, -0.25) is 0 Å². The normalized spacial score (nSPS) is 10.1. The molecule has 1 heterocycles. The summed E-state index contributed by atoms with van der Waals surface area (Å²) in [5, 5.41) is 12.1. The Morgan fingerprint density at radius 1 is 1.43 bits per heavy atom. The maximum absolute atomic E-state index is 8.44. The van der Waals surface area contributed by atoms with Gasteiger partial charge < -0.3 is 15.2 Å². The molecule has 0 atom stereocenters. The van der Waals surface area contributed by atoms with E-state index in [-0.39, 0.29) is 6.61 Å².